The van der Waals surface area contributed by atoms with E-state index in [2.05, 4.69) is 15.3 Å². The minimum atomic E-state index is 0.248. The molecule has 2 saturated heterocycles. The van der Waals surface area contributed by atoms with Gasteiger partial charge in [0.05, 0.1) is 5.69 Å². The summed E-state index contributed by atoms with van der Waals surface area (Å²) < 4.78 is 5.37. The molecular formula is C16H24N2O2S. The molecule has 0 N–H and O–H groups in total. The summed E-state index contributed by atoms with van der Waals surface area (Å²) in [6, 6.07) is 0. The lowest BCUT2D eigenvalue weighted by Gasteiger charge is -2.25. The molecule has 21 heavy (non-hydrogen) atoms. The van der Waals surface area contributed by atoms with Gasteiger partial charge in [0.25, 0.3) is 0 Å². The molecule has 0 bridgehead atoms. The van der Waals surface area contributed by atoms with Gasteiger partial charge in [-0.2, -0.15) is 0 Å². The molecular weight excluding hydrogens is 284 g/mol. The van der Waals surface area contributed by atoms with E-state index in [4.69, 9.17) is 4.74 Å². The van der Waals surface area contributed by atoms with Crippen molar-refractivity contribution in [2.24, 2.45) is 11.8 Å². The van der Waals surface area contributed by atoms with Gasteiger partial charge in [-0.1, -0.05) is 0 Å². The number of ketones is 1. The minimum absolute atomic E-state index is 0.248. The summed E-state index contributed by atoms with van der Waals surface area (Å²) in [5.74, 6) is 0.993. The number of hydrogen-bond donors (Lipinski definition) is 0. The van der Waals surface area contributed by atoms with Gasteiger partial charge < -0.3 is 9.64 Å². The smallest absolute Gasteiger partial charge is 0.185 e. The van der Waals surface area contributed by atoms with E-state index in [1.807, 2.05) is 6.92 Å². The number of nitrogens with zero attached hydrogens (tertiary/aromatic N) is 2. The molecule has 0 spiro atoms. The van der Waals surface area contributed by atoms with Crippen LogP contribution >= 0.6 is 11.3 Å². The molecule has 1 atom stereocenters. The highest BCUT2D eigenvalue weighted by atomic mass is 32.1. The number of thiazole rings is 1. The highest BCUT2D eigenvalue weighted by Crippen LogP contribution is 2.29. The zero-order chi connectivity index (χ0) is 14.7. The van der Waals surface area contributed by atoms with Gasteiger partial charge in [0.2, 0.25) is 0 Å². The summed E-state index contributed by atoms with van der Waals surface area (Å²) in [5, 5.41) is 3.22. The van der Waals surface area contributed by atoms with E-state index in [0.29, 0.717) is 5.78 Å². The first-order valence-corrected chi connectivity index (χ1v) is 8.90. The molecule has 4 nitrogen and oxygen atoms in total. The van der Waals surface area contributed by atoms with Crippen molar-refractivity contribution in [2.45, 2.75) is 39.0 Å². The molecule has 2 aliphatic heterocycles. The highest BCUT2D eigenvalue weighted by Gasteiger charge is 2.30. The second-order valence-electron chi connectivity index (χ2n) is 6.18. The third kappa shape index (κ3) is 3.64. The summed E-state index contributed by atoms with van der Waals surface area (Å²) >= 11 is 1.72. The number of anilines is 1. The van der Waals surface area contributed by atoms with E-state index in [0.717, 1.165) is 69.2 Å². The van der Waals surface area contributed by atoms with Crippen molar-refractivity contribution in [2.75, 3.05) is 31.2 Å². The Bertz CT molecular complexity index is 482. The van der Waals surface area contributed by atoms with Crippen molar-refractivity contribution in [3.63, 3.8) is 0 Å². The zero-order valence-corrected chi connectivity index (χ0v) is 13.5. The molecule has 0 amide bonds. The largest absolute Gasteiger partial charge is 0.381 e. The van der Waals surface area contributed by atoms with Crippen LogP contribution in [0.15, 0.2) is 5.38 Å². The van der Waals surface area contributed by atoms with Crippen LogP contribution in [0.4, 0.5) is 5.13 Å². The van der Waals surface area contributed by atoms with Gasteiger partial charge in [0, 0.05) is 43.5 Å². The van der Waals surface area contributed by atoms with E-state index in [1.165, 1.54) is 0 Å². The Morgan fingerprint density at radius 1 is 1.24 bits per heavy atom. The molecule has 1 unspecified atom stereocenters. The van der Waals surface area contributed by atoms with Crippen LogP contribution in [0, 0.1) is 18.8 Å². The standard InChI is InChI=1S/C16H24N2O2S/c1-12-11-21-16(17-12)18-7-2-3-13(4-8-18)15(19)14-5-9-20-10-6-14/h11,13-14H,2-10H2,1H3. The molecule has 1 aromatic heterocycles. The van der Waals surface area contributed by atoms with E-state index < -0.39 is 0 Å². The van der Waals surface area contributed by atoms with E-state index >= 15 is 0 Å². The van der Waals surface area contributed by atoms with Crippen LogP contribution in [0.3, 0.4) is 0 Å². The molecule has 0 aromatic carbocycles. The third-order valence-electron chi connectivity index (χ3n) is 4.63. The lowest BCUT2D eigenvalue weighted by atomic mass is 9.84. The molecule has 5 heteroatoms. The number of aryl methyl sites for hydroxylation is 1. The van der Waals surface area contributed by atoms with Crippen LogP contribution in [0.25, 0.3) is 0 Å². The average molecular weight is 308 g/mol. The van der Waals surface area contributed by atoms with E-state index in [-0.39, 0.29) is 11.8 Å². The fourth-order valence-electron chi connectivity index (χ4n) is 3.37. The molecule has 116 valence electrons. The van der Waals surface area contributed by atoms with Crippen LogP contribution in [0.5, 0.6) is 0 Å². The summed E-state index contributed by atoms with van der Waals surface area (Å²) in [7, 11) is 0. The Hall–Kier alpha value is -0.940. The lowest BCUT2D eigenvalue weighted by Crippen LogP contribution is -2.30. The Morgan fingerprint density at radius 3 is 2.71 bits per heavy atom. The monoisotopic (exact) mass is 308 g/mol. The molecule has 0 aliphatic carbocycles. The Kier molecular flexibility index (Phi) is 4.91. The number of carbonyl (C=O) groups excluding carboxylic acids is 1. The Labute approximate surface area is 130 Å². The number of rotatable bonds is 3. The second-order valence-corrected chi connectivity index (χ2v) is 7.01. The van der Waals surface area contributed by atoms with Crippen molar-refractivity contribution in [3.05, 3.63) is 11.1 Å². The maximum Gasteiger partial charge on any atom is 0.185 e. The van der Waals surface area contributed by atoms with Crippen molar-refractivity contribution in [3.8, 4) is 0 Å². The van der Waals surface area contributed by atoms with E-state index in [1.54, 1.807) is 11.3 Å². The lowest BCUT2D eigenvalue weighted by molar-refractivity contribution is -0.130. The number of hydrogen-bond acceptors (Lipinski definition) is 5. The van der Waals surface area contributed by atoms with Gasteiger partial charge in [-0.05, 0) is 39.0 Å². The minimum Gasteiger partial charge on any atom is -0.381 e. The first-order valence-electron chi connectivity index (χ1n) is 8.02. The predicted octanol–water partition coefficient (Wildman–Crippen LogP) is 3.05. The topological polar surface area (TPSA) is 42.4 Å². The molecule has 1 aromatic rings. The van der Waals surface area contributed by atoms with E-state index in [9.17, 15) is 4.79 Å². The van der Waals surface area contributed by atoms with Crippen LogP contribution in [-0.2, 0) is 9.53 Å². The number of Topliss-reactive ketones (excluding diaryl/α,β-unsaturated/α-hetero) is 1. The maximum absolute atomic E-state index is 12.7. The number of ether oxygens (including phenoxy) is 1. The highest BCUT2D eigenvalue weighted by molar-refractivity contribution is 7.13. The second kappa shape index (κ2) is 6.88. The van der Waals surface area contributed by atoms with Crippen LogP contribution < -0.4 is 4.90 Å². The molecule has 2 aliphatic rings. The fourth-order valence-corrected chi connectivity index (χ4v) is 4.23. The van der Waals surface area contributed by atoms with Crippen molar-refractivity contribution in [1.29, 1.82) is 0 Å². The normalized spacial score (nSPS) is 24.8. The predicted molar refractivity (Wildman–Crippen MR) is 85.0 cm³/mol. The fraction of sp³-hybridized carbons (Fsp3) is 0.750. The summed E-state index contributed by atoms with van der Waals surface area (Å²) in [5.41, 5.74) is 1.09. The first kappa shape index (κ1) is 15.0. The van der Waals surface area contributed by atoms with Crippen molar-refractivity contribution in [1.82, 2.24) is 4.98 Å². The molecule has 3 rings (SSSR count). The van der Waals surface area contributed by atoms with Gasteiger partial charge in [-0.25, -0.2) is 4.98 Å². The molecule has 0 radical (unpaired) electrons. The van der Waals surface area contributed by atoms with Gasteiger partial charge in [-0.15, -0.1) is 11.3 Å². The van der Waals surface area contributed by atoms with Crippen molar-refractivity contribution >= 4 is 22.3 Å². The zero-order valence-electron chi connectivity index (χ0n) is 12.7. The van der Waals surface area contributed by atoms with Gasteiger partial charge >= 0.3 is 0 Å². The van der Waals surface area contributed by atoms with Crippen LogP contribution in [0.1, 0.15) is 37.8 Å². The Morgan fingerprint density at radius 2 is 2.00 bits per heavy atom. The Balaban J connectivity index is 1.58. The van der Waals surface area contributed by atoms with Crippen LogP contribution in [-0.4, -0.2) is 37.1 Å². The van der Waals surface area contributed by atoms with Gasteiger partial charge in [-0.3, -0.25) is 4.79 Å². The van der Waals surface area contributed by atoms with Gasteiger partial charge in [0.1, 0.15) is 5.78 Å². The maximum atomic E-state index is 12.7. The third-order valence-corrected chi connectivity index (χ3v) is 5.65. The summed E-state index contributed by atoms with van der Waals surface area (Å²) in [6.45, 7) is 5.55. The first-order chi connectivity index (χ1) is 10.2. The van der Waals surface area contributed by atoms with Crippen LogP contribution in [0.2, 0.25) is 0 Å². The average Bonchev–Trinajstić information content (AvgIpc) is 2.81. The van der Waals surface area contributed by atoms with Gasteiger partial charge in [0.15, 0.2) is 5.13 Å². The molecule has 0 saturated carbocycles. The SMILES string of the molecule is Cc1csc(N2CCCC(C(=O)C3CCOCC3)CC2)n1. The summed E-state index contributed by atoms with van der Waals surface area (Å²) in [6.07, 6.45) is 4.96. The number of carbonyl (C=O) groups is 1. The van der Waals surface area contributed by atoms with Crippen molar-refractivity contribution < 1.29 is 9.53 Å². The molecule has 2 fully saturated rings. The summed E-state index contributed by atoms with van der Waals surface area (Å²) in [4.78, 5) is 19.6. The number of aromatic nitrogens is 1. The molecule has 3 heterocycles. The quantitative estimate of drug-likeness (QED) is 0.861.